The number of amides is 1. The smallest absolute Gasteiger partial charge is 0.404 e. The van der Waals surface area contributed by atoms with Crippen LogP contribution < -0.4 is 29.2 Å². The molecule has 1 amide bonds. The van der Waals surface area contributed by atoms with Crippen LogP contribution in [-0.4, -0.2) is 43.1 Å². The van der Waals surface area contributed by atoms with Gasteiger partial charge in [0.25, 0.3) is 0 Å². The van der Waals surface area contributed by atoms with E-state index in [0.717, 1.165) is 50.9 Å². The molecule has 1 aliphatic heterocycles. The number of methoxy groups -OCH3 is 2. The summed E-state index contributed by atoms with van der Waals surface area (Å²) in [5.41, 5.74) is 5.38. The van der Waals surface area contributed by atoms with Gasteiger partial charge < -0.3 is 34.3 Å². The maximum absolute atomic E-state index is 10.9. The Morgan fingerprint density at radius 3 is 2.09 bits per heavy atom. The van der Waals surface area contributed by atoms with Crippen LogP contribution in [0.3, 0.4) is 0 Å². The van der Waals surface area contributed by atoms with Crippen molar-refractivity contribution in [2.45, 2.75) is 52.4 Å². The molecule has 1 aromatic heterocycles. The van der Waals surface area contributed by atoms with Gasteiger partial charge in [0.1, 0.15) is 34.9 Å². The Morgan fingerprint density at radius 1 is 0.911 bits per heavy atom. The Kier molecular flexibility index (Phi) is 9.97. The molecule has 3 atom stereocenters. The van der Waals surface area contributed by atoms with Crippen molar-refractivity contribution in [2.75, 3.05) is 25.7 Å². The second-order valence-corrected chi connectivity index (χ2v) is 11.6. The van der Waals surface area contributed by atoms with Gasteiger partial charge in [-0.2, -0.15) is 0 Å². The maximum Gasteiger partial charge on any atom is 0.404 e. The summed E-state index contributed by atoms with van der Waals surface area (Å²) in [6.45, 7) is 7.72. The highest BCUT2D eigenvalue weighted by atomic mass is 16.5. The molecule has 0 spiro atoms. The summed E-state index contributed by atoms with van der Waals surface area (Å²) in [4.78, 5) is 18.1. The van der Waals surface area contributed by atoms with Gasteiger partial charge in [-0.15, -0.1) is 0 Å². The normalized spacial score (nSPS) is 14.6. The van der Waals surface area contributed by atoms with Gasteiger partial charge in [0.15, 0.2) is 0 Å². The Balaban J connectivity index is 1.39. The molecule has 5 rings (SSSR count). The number of rotatable bonds is 13. The molecular weight excluding hydrogens is 570 g/mol. The SMILES string of the molecule is COc1ccc(CN(Cc2ccc(OC)cc2)c2cc3c(cn2)C(C)Oc2cc(OCC(C)C[C@H](C)NC(=O)O)ccc2-3)cc1. The van der Waals surface area contributed by atoms with E-state index in [1.807, 2.05) is 69.4 Å². The zero-order valence-electron chi connectivity index (χ0n) is 26.4. The second-order valence-electron chi connectivity index (χ2n) is 11.6. The van der Waals surface area contributed by atoms with Crippen molar-refractivity contribution in [1.82, 2.24) is 10.3 Å². The summed E-state index contributed by atoms with van der Waals surface area (Å²) >= 11 is 0. The van der Waals surface area contributed by atoms with Gasteiger partial charge in [0, 0.05) is 42.5 Å². The Bertz CT molecular complexity index is 1540. The highest BCUT2D eigenvalue weighted by Gasteiger charge is 2.26. The van der Waals surface area contributed by atoms with E-state index >= 15 is 0 Å². The average Bonchev–Trinajstić information content (AvgIpc) is 3.03. The van der Waals surface area contributed by atoms with Crippen molar-refractivity contribution >= 4 is 11.9 Å². The van der Waals surface area contributed by atoms with Gasteiger partial charge in [-0.25, -0.2) is 9.78 Å². The Morgan fingerprint density at radius 2 is 1.51 bits per heavy atom. The summed E-state index contributed by atoms with van der Waals surface area (Å²) < 4.78 is 23.1. The van der Waals surface area contributed by atoms with Gasteiger partial charge >= 0.3 is 6.09 Å². The zero-order valence-corrected chi connectivity index (χ0v) is 26.4. The number of aromatic nitrogens is 1. The molecule has 236 valence electrons. The summed E-state index contributed by atoms with van der Waals surface area (Å²) in [5, 5.41) is 11.5. The molecule has 3 aromatic carbocycles. The molecule has 0 saturated heterocycles. The van der Waals surface area contributed by atoms with Crippen LogP contribution in [0.5, 0.6) is 23.0 Å². The molecule has 0 radical (unpaired) electrons. The Labute approximate surface area is 264 Å². The summed E-state index contributed by atoms with van der Waals surface area (Å²) in [6.07, 6.45) is 1.41. The predicted molar refractivity (Wildman–Crippen MR) is 174 cm³/mol. The maximum atomic E-state index is 10.9. The molecule has 2 unspecified atom stereocenters. The lowest BCUT2D eigenvalue weighted by molar-refractivity contribution is 0.185. The highest BCUT2D eigenvalue weighted by molar-refractivity contribution is 5.78. The Hall–Kier alpha value is -4.92. The van der Waals surface area contributed by atoms with Gasteiger partial charge in [0.05, 0.1) is 20.8 Å². The summed E-state index contributed by atoms with van der Waals surface area (Å²) in [7, 11) is 3.34. The van der Waals surface area contributed by atoms with Crippen LogP contribution in [0, 0.1) is 5.92 Å². The van der Waals surface area contributed by atoms with E-state index in [0.29, 0.717) is 31.9 Å². The van der Waals surface area contributed by atoms with Crippen LogP contribution in [0.25, 0.3) is 11.1 Å². The van der Waals surface area contributed by atoms with Crippen LogP contribution in [0.1, 0.15) is 50.0 Å². The van der Waals surface area contributed by atoms with Crippen molar-refractivity contribution in [2.24, 2.45) is 5.92 Å². The minimum Gasteiger partial charge on any atom is -0.497 e. The topological polar surface area (TPSA) is 102 Å². The molecule has 0 saturated carbocycles. The van der Waals surface area contributed by atoms with Crippen LogP contribution >= 0.6 is 0 Å². The van der Waals surface area contributed by atoms with Crippen molar-refractivity contribution in [1.29, 1.82) is 0 Å². The fourth-order valence-corrected chi connectivity index (χ4v) is 5.65. The van der Waals surface area contributed by atoms with E-state index in [-0.39, 0.29) is 18.1 Å². The fraction of sp³-hybridized carbons (Fsp3) is 0.333. The van der Waals surface area contributed by atoms with Gasteiger partial charge in [0.2, 0.25) is 0 Å². The predicted octanol–water partition coefficient (Wildman–Crippen LogP) is 7.49. The second kappa shape index (κ2) is 14.2. The third-order valence-corrected chi connectivity index (χ3v) is 7.95. The first-order valence-corrected chi connectivity index (χ1v) is 15.2. The molecule has 0 bridgehead atoms. The van der Waals surface area contributed by atoms with E-state index < -0.39 is 6.09 Å². The number of fused-ring (bicyclic) bond motifs is 3. The number of carboxylic acid groups (broad SMARTS) is 1. The van der Waals surface area contributed by atoms with Crippen molar-refractivity contribution in [3.05, 3.63) is 95.7 Å². The number of nitrogens with one attached hydrogen (secondary N) is 1. The zero-order chi connectivity index (χ0) is 31.9. The van der Waals surface area contributed by atoms with Crippen LogP contribution in [-0.2, 0) is 13.1 Å². The lowest BCUT2D eigenvalue weighted by atomic mass is 9.94. The summed E-state index contributed by atoms with van der Waals surface area (Å²) in [5.74, 6) is 4.14. The van der Waals surface area contributed by atoms with Crippen LogP contribution in [0.4, 0.5) is 10.6 Å². The first-order valence-electron chi connectivity index (χ1n) is 15.2. The number of anilines is 1. The quantitative estimate of drug-likeness (QED) is 0.160. The molecular formula is C36H41N3O6. The molecule has 2 heterocycles. The largest absolute Gasteiger partial charge is 0.497 e. The molecule has 1 aliphatic rings. The van der Waals surface area contributed by atoms with Crippen molar-refractivity contribution in [3.63, 3.8) is 0 Å². The highest BCUT2D eigenvalue weighted by Crippen LogP contribution is 2.44. The minimum absolute atomic E-state index is 0.151. The molecule has 2 N–H and O–H groups in total. The fourth-order valence-electron chi connectivity index (χ4n) is 5.65. The lowest BCUT2D eigenvalue weighted by Crippen LogP contribution is -2.33. The number of pyridine rings is 1. The number of hydrogen-bond acceptors (Lipinski definition) is 7. The van der Waals surface area contributed by atoms with Crippen molar-refractivity contribution in [3.8, 4) is 34.1 Å². The number of benzene rings is 3. The van der Waals surface area contributed by atoms with E-state index in [1.54, 1.807) is 14.2 Å². The molecule has 9 nitrogen and oxygen atoms in total. The van der Waals surface area contributed by atoms with Crippen LogP contribution in [0.15, 0.2) is 79.0 Å². The third-order valence-electron chi connectivity index (χ3n) is 7.95. The first-order chi connectivity index (χ1) is 21.7. The average molecular weight is 612 g/mol. The van der Waals surface area contributed by atoms with Crippen LogP contribution in [0.2, 0.25) is 0 Å². The monoisotopic (exact) mass is 611 g/mol. The lowest BCUT2D eigenvalue weighted by Gasteiger charge is -2.29. The van der Waals surface area contributed by atoms with Gasteiger partial charge in [-0.1, -0.05) is 31.2 Å². The molecule has 45 heavy (non-hydrogen) atoms. The number of ether oxygens (including phenoxy) is 4. The van der Waals surface area contributed by atoms with E-state index in [9.17, 15) is 4.79 Å². The molecule has 9 heteroatoms. The molecule has 0 aliphatic carbocycles. The molecule has 0 fully saturated rings. The number of hydrogen-bond donors (Lipinski definition) is 2. The minimum atomic E-state index is -1.01. The van der Waals surface area contributed by atoms with E-state index in [2.05, 4.69) is 40.5 Å². The van der Waals surface area contributed by atoms with Gasteiger partial charge in [-0.3, -0.25) is 0 Å². The van der Waals surface area contributed by atoms with E-state index in [4.69, 9.17) is 29.0 Å². The van der Waals surface area contributed by atoms with Gasteiger partial charge in [-0.05, 0) is 85.3 Å². The number of carbonyl (C=O) groups is 1. The third kappa shape index (κ3) is 7.98. The standard InChI is InChI=1S/C36H41N3O6/c1-23(16-24(2)38-36(40)41)22-44-30-14-15-31-32-18-35(37-19-33(32)25(3)45-34(31)17-30)39(20-26-6-10-28(42-4)11-7-26)21-27-8-12-29(43-5)13-9-27/h6-15,17-19,23-25,38H,16,20-22H2,1-5H3,(H,40,41)/t23?,24-,25?/m0/s1. The first kappa shape index (κ1) is 31.5. The van der Waals surface area contributed by atoms with Crippen molar-refractivity contribution < 1.29 is 28.8 Å². The summed E-state index contributed by atoms with van der Waals surface area (Å²) in [6, 6.07) is 24.2. The molecule has 4 aromatic rings. The van der Waals surface area contributed by atoms with E-state index in [1.165, 1.54) is 0 Å². The number of nitrogens with zero attached hydrogens (tertiary/aromatic N) is 2.